The van der Waals surface area contributed by atoms with Crippen molar-refractivity contribution in [3.05, 3.63) is 9.81 Å². The minimum atomic E-state index is -2.55. The highest BCUT2D eigenvalue weighted by molar-refractivity contribution is 6.21. The van der Waals surface area contributed by atoms with Crippen LogP contribution >= 0.6 is 0 Å². The molecule has 12 nitrogen and oxygen atoms in total. The number of nitroso groups, excluding NO2 is 2. The smallest absolute Gasteiger partial charge is 0.303 e. The Labute approximate surface area is 127 Å². The monoisotopic (exact) mass is 328 g/mol. The van der Waals surface area contributed by atoms with E-state index in [1.54, 1.807) is 0 Å². The third kappa shape index (κ3) is 3.48. The van der Waals surface area contributed by atoms with Crippen LogP contribution in [-0.2, 0) is 24.0 Å². The summed E-state index contributed by atoms with van der Waals surface area (Å²) in [5.41, 5.74) is 3.12. The first-order valence-corrected chi connectivity index (χ1v) is 6.27. The lowest BCUT2D eigenvalue weighted by Gasteiger charge is -2.26. The Morgan fingerprint density at radius 2 is 1.87 bits per heavy atom. The quantitative estimate of drug-likeness (QED) is 0.356. The van der Waals surface area contributed by atoms with Gasteiger partial charge in [0.1, 0.15) is 0 Å². The fraction of sp³-hybridized carbons (Fsp3) is 0.545. The van der Waals surface area contributed by atoms with E-state index in [1.165, 1.54) is 0 Å². The van der Waals surface area contributed by atoms with Gasteiger partial charge in [-0.05, 0) is 6.42 Å². The third-order valence-electron chi connectivity index (χ3n) is 3.47. The van der Waals surface area contributed by atoms with Crippen molar-refractivity contribution in [1.29, 1.82) is 0 Å². The highest BCUT2D eigenvalue weighted by Crippen LogP contribution is 2.29. The first-order chi connectivity index (χ1) is 10.7. The second kappa shape index (κ2) is 6.91. The maximum Gasteiger partial charge on any atom is 0.303 e. The number of nitrogens with one attached hydrogen (secondary N) is 1. The Morgan fingerprint density at radius 1 is 1.26 bits per heavy atom. The predicted octanol–water partition coefficient (Wildman–Crippen LogP) is -1.79. The number of carboxylic acids is 1. The Balaban J connectivity index is 3.14. The van der Waals surface area contributed by atoms with Crippen molar-refractivity contribution in [1.82, 2.24) is 5.32 Å². The van der Waals surface area contributed by atoms with Crippen molar-refractivity contribution in [3.8, 4) is 0 Å². The summed E-state index contributed by atoms with van der Waals surface area (Å²) in [4.78, 5) is 77.9. The Hall–Kier alpha value is -2.89. The molecule has 0 aromatic rings. The minimum Gasteiger partial charge on any atom is -0.481 e. The summed E-state index contributed by atoms with van der Waals surface area (Å²) in [5.74, 6) is -8.12. The molecule has 12 heteroatoms. The van der Waals surface area contributed by atoms with Crippen LogP contribution in [-0.4, -0.2) is 46.2 Å². The zero-order valence-corrected chi connectivity index (χ0v) is 11.6. The Morgan fingerprint density at radius 3 is 2.35 bits per heavy atom. The molecule has 1 aliphatic heterocycles. The summed E-state index contributed by atoms with van der Waals surface area (Å²) in [6.45, 7) is 0. The SMILES string of the molecule is NC1([C@@H](CCC(=O)O)C(=O)N=O)C(=O)N[C@@H](CC(=O)N=O)C1=O. The van der Waals surface area contributed by atoms with E-state index in [1.807, 2.05) is 5.32 Å². The second-order valence-corrected chi connectivity index (χ2v) is 4.86. The molecule has 124 valence electrons. The number of carboxylic acid groups (broad SMARTS) is 1. The molecule has 1 fully saturated rings. The van der Waals surface area contributed by atoms with Gasteiger partial charge in [0.25, 0.3) is 11.8 Å². The molecule has 0 aromatic heterocycles. The van der Waals surface area contributed by atoms with Crippen LogP contribution in [0.4, 0.5) is 0 Å². The number of rotatable bonds is 7. The second-order valence-electron chi connectivity index (χ2n) is 4.86. The van der Waals surface area contributed by atoms with E-state index in [9.17, 15) is 33.8 Å². The van der Waals surface area contributed by atoms with E-state index in [2.05, 4.69) is 10.4 Å². The van der Waals surface area contributed by atoms with Gasteiger partial charge in [-0.25, -0.2) is 0 Å². The summed E-state index contributed by atoms with van der Waals surface area (Å²) in [7, 11) is 0. The number of amides is 3. The van der Waals surface area contributed by atoms with E-state index in [4.69, 9.17) is 10.8 Å². The maximum atomic E-state index is 12.2. The van der Waals surface area contributed by atoms with Gasteiger partial charge in [-0.3, -0.25) is 24.0 Å². The van der Waals surface area contributed by atoms with Gasteiger partial charge in [0, 0.05) is 16.8 Å². The molecule has 23 heavy (non-hydrogen) atoms. The molecule has 1 aliphatic rings. The topological polar surface area (TPSA) is 202 Å². The van der Waals surface area contributed by atoms with Gasteiger partial charge in [-0.1, -0.05) is 0 Å². The molecule has 0 aliphatic carbocycles. The first kappa shape index (κ1) is 18.2. The highest BCUT2D eigenvalue weighted by Gasteiger charge is 2.59. The molecule has 1 saturated heterocycles. The lowest BCUT2D eigenvalue weighted by molar-refractivity contribution is -0.142. The zero-order chi connectivity index (χ0) is 17.8. The van der Waals surface area contributed by atoms with Gasteiger partial charge in [-0.15, -0.1) is 9.81 Å². The van der Waals surface area contributed by atoms with Gasteiger partial charge >= 0.3 is 5.97 Å². The zero-order valence-electron chi connectivity index (χ0n) is 11.6. The average Bonchev–Trinajstić information content (AvgIpc) is 2.71. The van der Waals surface area contributed by atoms with Gasteiger partial charge in [0.05, 0.1) is 18.4 Å². The van der Waals surface area contributed by atoms with E-state index >= 15 is 0 Å². The summed E-state index contributed by atoms with van der Waals surface area (Å²) < 4.78 is 0. The molecule has 1 heterocycles. The number of hydrogen-bond donors (Lipinski definition) is 3. The molecular weight excluding hydrogens is 316 g/mol. The molecule has 0 radical (unpaired) electrons. The minimum absolute atomic E-state index is 0.581. The van der Waals surface area contributed by atoms with Crippen LogP contribution in [0.2, 0.25) is 0 Å². The molecule has 1 rings (SSSR count). The Kier molecular flexibility index (Phi) is 5.46. The summed E-state index contributed by atoms with van der Waals surface area (Å²) in [6, 6.07) is -1.50. The lowest BCUT2D eigenvalue weighted by atomic mass is 9.77. The van der Waals surface area contributed by atoms with Crippen LogP contribution in [0.3, 0.4) is 0 Å². The number of carbonyl (C=O) groups excluding carboxylic acids is 4. The van der Waals surface area contributed by atoms with Crippen LogP contribution in [0.15, 0.2) is 10.4 Å². The number of ketones is 1. The average molecular weight is 328 g/mol. The molecule has 3 amide bonds. The maximum absolute atomic E-state index is 12.2. The summed E-state index contributed by atoms with van der Waals surface area (Å²) in [5, 5.41) is 14.8. The number of carbonyl (C=O) groups is 5. The first-order valence-electron chi connectivity index (χ1n) is 6.27. The predicted molar refractivity (Wildman–Crippen MR) is 70.4 cm³/mol. The number of nitrogens with two attached hydrogens (primary N) is 1. The largest absolute Gasteiger partial charge is 0.481 e. The third-order valence-corrected chi connectivity index (χ3v) is 3.47. The van der Waals surface area contributed by atoms with Crippen molar-refractivity contribution in [3.63, 3.8) is 0 Å². The molecular formula is C11H12N4O8. The standard InChI is InChI=1S/C11H12N4O8/c12-11(4(9(20)15-23)1-2-7(17)18)8(19)5(13-10(11)21)3-6(16)14-22/h4-5H,1-3,12H2,(H,13,21)(H,17,18)/t4-,5-,11?/m0/s1. The van der Waals surface area contributed by atoms with E-state index < -0.39 is 66.2 Å². The van der Waals surface area contributed by atoms with Crippen LogP contribution in [0.5, 0.6) is 0 Å². The van der Waals surface area contributed by atoms with Gasteiger partial charge in [0.15, 0.2) is 11.3 Å². The molecule has 0 bridgehead atoms. The molecule has 4 N–H and O–H groups in total. The van der Waals surface area contributed by atoms with E-state index in [-0.39, 0.29) is 0 Å². The lowest BCUT2D eigenvalue weighted by Crippen LogP contribution is -2.60. The summed E-state index contributed by atoms with van der Waals surface area (Å²) in [6.07, 6.45) is -1.99. The van der Waals surface area contributed by atoms with Crippen molar-refractivity contribution in [2.75, 3.05) is 0 Å². The van der Waals surface area contributed by atoms with E-state index in [0.29, 0.717) is 0 Å². The molecule has 0 saturated carbocycles. The van der Waals surface area contributed by atoms with Gasteiger partial charge in [0.2, 0.25) is 5.91 Å². The van der Waals surface area contributed by atoms with E-state index in [0.717, 1.165) is 0 Å². The van der Waals surface area contributed by atoms with Crippen molar-refractivity contribution in [2.45, 2.75) is 30.8 Å². The van der Waals surface area contributed by atoms with Gasteiger partial charge in [-0.2, -0.15) is 0 Å². The molecule has 1 unspecified atom stereocenters. The normalized spacial score (nSPS) is 24.7. The summed E-state index contributed by atoms with van der Waals surface area (Å²) >= 11 is 0. The van der Waals surface area contributed by atoms with Crippen molar-refractivity contribution in [2.24, 2.45) is 22.0 Å². The van der Waals surface area contributed by atoms with Crippen LogP contribution in [0, 0.1) is 15.7 Å². The van der Waals surface area contributed by atoms with Crippen LogP contribution < -0.4 is 11.1 Å². The van der Waals surface area contributed by atoms with Crippen LogP contribution in [0.1, 0.15) is 19.3 Å². The van der Waals surface area contributed by atoms with Gasteiger partial charge < -0.3 is 16.2 Å². The number of aliphatic carboxylic acids is 1. The molecule has 0 spiro atoms. The highest BCUT2D eigenvalue weighted by atomic mass is 16.4. The fourth-order valence-corrected chi connectivity index (χ4v) is 2.31. The van der Waals surface area contributed by atoms with Crippen LogP contribution in [0.25, 0.3) is 0 Å². The number of Topliss-reactive ketones (excluding diaryl/α,β-unsaturated/α-hetero) is 1. The molecule has 3 atom stereocenters. The Bertz CT molecular complexity index is 603. The molecule has 0 aromatic carbocycles. The fourth-order valence-electron chi connectivity index (χ4n) is 2.31. The van der Waals surface area contributed by atoms with Crippen molar-refractivity contribution >= 4 is 29.5 Å². The number of hydrogen-bond acceptors (Lipinski definition) is 8. The number of nitrogens with zero attached hydrogens (tertiary/aromatic N) is 2. The van der Waals surface area contributed by atoms with Crippen molar-refractivity contribution < 1.29 is 29.1 Å².